The Morgan fingerprint density at radius 2 is 1.24 bits per heavy atom. The van der Waals surface area contributed by atoms with E-state index in [1.165, 1.54) is 13.8 Å². The highest BCUT2D eigenvalue weighted by atomic mass is 16.7. The van der Waals surface area contributed by atoms with Crippen LogP contribution in [0.1, 0.15) is 13.8 Å². The largest absolute Gasteiger partial charge is 0.453 e. The summed E-state index contributed by atoms with van der Waals surface area (Å²) in [4.78, 5) is 24.1. The highest BCUT2D eigenvalue weighted by molar-refractivity contribution is 5.87. The topological polar surface area (TPSA) is 202 Å². The van der Waals surface area contributed by atoms with Gasteiger partial charge in [-0.05, 0) is 13.8 Å². The first kappa shape index (κ1) is 27.3. The number of carbonyl (C=O) groups excluding carboxylic acids is 2. The second-order valence-corrected chi connectivity index (χ2v) is 7.85. The van der Waals surface area contributed by atoms with E-state index in [1.54, 1.807) is 0 Å². The van der Waals surface area contributed by atoms with Gasteiger partial charge in [0.15, 0.2) is 30.9 Å². The zero-order valence-corrected chi connectivity index (χ0v) is 18.1. The van der Waals surface area contributed by atoms with Crippen molar-refractivity contribution < 1.29 is 63.9 Å². The average molecular weight is 478 g/mol. The first-order chi connectivity index (χ1) is 15.4. The fraction of sp³-hybridized carbons (Fsp3) is 0.700. The summed E-state index contributed by atoms with van der Waals surface area (Å²) in [6.45, 7) is 8.02. The molecule has 0 saturated carbocycles. The fourth-order valence-corrected chi connectivity index (χ4v) is 3.23. The van der Waals surface area contributed by atoms with Gasteiger partial charge < -0.3 is 54.3 Å². The van der Waals surface area contributed by atoms with Crippen molar-refractivity contribution in [2.75, 3.05) is 13.2 Å². The van der Waals surface area contributed by atoms with Gasteiger partial charge in [0, 0.05) is 11.1 Å². The molecule has 2 aliphatic rings. The van der Waals surface area contributed by atoms with Crippen molar-refractivity contribution in [3.05, 3.63) is 24.3 Å². The molecule has 0 aromatic carbocycles. The zero-order valence-electron chi connectivity index (χ0n) is 18.1. The van der Waals surface area contributed by atoms with E-state index < -0.39 is 86.6 Å². The summed E-state index contributed by atoms with van der Waals surface area (Å²) in [5, 5.41) is 60.4. The number of carbonyl (C=O) groups is 2. The number of hydrogen-bond acceptors (Lipinski definition) is 13. The summed E-state index contributed by atoms with van der Waals surface area (Å²) in [7, 11) is 0. The number of hydrogen-bond donors (Lipinski definition) is 6. The first-order valence-electron chi connectivity index (χ1n) is 10.1. The summed E-state index contributed by atoms with van der Waals surface area (Å²) in [6.07, 6.45) is -16.4. The maximum Gasteiger partial charge on any atom is 0.333 e. The first-order valence-corrected chi connectivity index (χ1v) is 10.1. The minimum Gasteiger partial charge on any atom is -0.453 e. The van der Waals surface area contributed by atoms with E-state index in [9.17, 15) is 40.2 Å². The fourth-order valence-electron chi connectivity index (χ4n) is 3.23. The van der Waals surface area contributed by atoms with Gasteiger partial charge in [-0.3, -0.25) is 0 Å². The zero-order chi connectivity index (χ0) is 25.0. The van der Waals surface area contributed by atoms with E-state index in [0.29, 0.717) is 0 Å². The molecule has 6 N–H and O–H groups in total. The SMILES string of the molecule is C=C(C)C(=O)O[C@H]1[C@H](O[C@@H]2[C@@H](OC(=O)C(=C)C)[C@H](O)[C@@H](CO)O[C@@H]2O)O[C@H](CO)[C@@H](O)[C@@H]1O. The second kappa shape index (κ2) is 11.5. The van der Waals surface area contributed by atoms with E-state index in [0.717, 1.165) is 0 Å². The molecule has 2 saturated heterocycles. The number of rotatable bonds is 8. The standard InChI is InChI=1S/C20H30O13/c1-7(2)17(26)31-14-12(24)10(6-22)29-19(28)16(14)33-20-15(32-18(27)8(3)4)13(25)11(23)9(5-21)30-20/h9-16,19-25,28H,1,3,5-6H2,2,4H3/t9-,10-,11-,12-,13+,14+,15-,16-,19+,20+/m1/s1. The maximum atomic E-state index is 12.1. The summed E-state index contributed by atoms with van der Waals surface area (Å²) >= 11 is 0. The highest BCUT2D eigenvalue weighted by Crippen LogP contribution is 2.31. The molecule has 10 atom stereocenters. The van der Waals surface area contributed by atoms with Crippen molar-refractivity contribution >= 4 is 11.9 Å². The van der Waals surface area contributed by atoms with Gasteiger partial charge in [-0.2, -0.15) is 0 Å². The van der Waals surface area contributed by atoms with Crippen LogP contribution >= 0.6 is 0 Å². The Morgan fingerprint density at radius 3 is 1.73 bits per heavy atom. The predicted molar refractivity (Wildman–Crippen MR) is 106 cm³/mol. The Labute approximate surface area is 189 Å². The van der Waals surface area contributed by atoms with Crippen LogP contribution in [0.4, 0.5) is 0 Å². The Hall–Kier alpha value is -1.94. The van der Waals surface area contributed by atoms with Crippen LogP contribution in [-0.2, 0) is 33.3 Å². The lowest BCUT2D eigenvalue weighted by molar-refractivity contribution is -0.362. The minimum atomic E-state index is -1.88. The van der Waals surface area contributed by atoms with Crippen molar-refractivity contribution in [3.8, 4) is 0 Å². The minimum absolute atomic E-state index is 0.0384. The summed E-state index contributed by atoms with van der Waals surface area (Å²) < 4.78 is 26.4. The maximum absolute atomic E-state index is 12.1. The lowest BCUT2D eigenvalue weighted by Crippen LogP contribution is -2.65. The van der Waals surface area contributed by atoms with Gasteiger partial charge in [0.25, 0.3) is 0 Å². The van der Waals surface area contributed by atoms with Crippen molar-refractivity contribution in [1.29, 1.82) is 0 Å². The Balaban J connectivity index is 2.36. The van der Waals surface area contributed by atoms with Gasteiger partial charge in [0.05, 0.1) is 13.2 Å². The highest BCUT2D eigenvalue weighted by Gasteiger charge is 2.53. The second-order valence-electron chi connectivity index (χ2n) is 7.85. The molecule has 13 heteroatoms. The van der Waals surface area contributed by atoms with Crippen LogP contribution in [0.3, 0.4) is 0 Å². The molecule has 0 aliphatic carbocycles. The van der Waals surface area contributed by atoms with Gasteiger partial charge in [-0.25, -0.2) is 9.59 Å². The number of aliphatic hydroxyl groups excluding tert-OH is 6. The molecular weight excluding hydrogens is 448 g/mol. The lowest BCUT2D eigenvalue weighted by Gasteiger charge is -2.46. The molecular formula is C20H30O13. The predicted octanol–water partition coefficient (Wildman–Crippen LogP) is -3.14. The molecule has 33 heavy (non-hydrogen) atoms. The van der Waals surface area contributed by atoms with E-state index in [1.807, 2.05) is 0 Å². The van der Waals surface area contributed by atoms with Crippen molar-refractivity contribution in [2.45, 2.75) is 75.3 Å². The number of esters is 2. The van der Waals surface area contributed by atoms with Gasteiger partial charge in [-0.1, -0.05) is 13.2 Å². The molecule has 2 aliphatic heterocycles. The van der Waals surface area contributed by atoms with Crippen LogP contribution in [0, 0.1) is 0 Å². The van der Waals surface area contributed by atoms with Gasteiger partial charge in [0.1, 0.15) is 30.5 Å². The lowest BCUT2D eigenvalue weighted by atomic mass is 9.97. The molecule has 0 aromatic heterocycles. The third-order valence-electron chi connectivity index (χ3n) is 5.12. The van der Waals surface area contributed by atoms with E-state index in [2.05, 4.69) is 13.2 Å². The summed E-state index contributed by atoms with van der Waals surface area (Å²) in [5.74, 6) is -1.91. The molecule has 0 bridgehead atoms. The van der Waals surface area contributed by atoms with Gasteiger partial charge in [0.2, 0.25) is 0 Å². The van der Waals surface area contributed by atoms with Gasteiger partial charge in [-0.15, -0.1) is 0 Å². The molecule has 0 unspecified atom stereocenters. The van der Waals surface area contributed by atoms with Crippen LogP contribution in [-0.4, -0.2) is 117 Å². The third-order valence-corrected chi connectivity index (χ3v) is 5.12. The molecule has 2 rings (SSSR count). The average Bonchev–Trinajstić information content (AvgIpc) is 2.76. The molecule has 188 valence electrons. The van der Waals surface area contributed by atoms with E-state index in [4.69, 9.17) is 23.7 Å². The van der Waals surface area contributed by atoms with Crippen molar-refractivity contribution in [3.63, 3.8) is 0 Å². The normalized spacial score (nSPS) is 38.9. The smallest absolute Gasteiger partial charge is 0.333 e. The quantitative estimate of drug-likeness (QED) is 0.151. The summed E-state index contributed by atoms with van der Waals surface area (Å²) in [6, 6.07) is 0. The van der Waals surface area contributed by atoms with Crippen LogP contribution in [0.15, 0.2) is 24.3 Å². The Kier molecular flexibility index (Phi) is 9.48. The van der Waals surface area contributed by atoms with Crippen LogP contribution in [0.25, 0.3) is 0 Å². The molecule has 0 aromatic rings. The molecule has 2 heterocycles. The number of aliphatic hydroxyl groups is 6. The molecule has 0 spiro atoms. The molecule has 0 amide bonds. The molecule has 2 fully saturated rings. The van der Waals surface area contributed by atoms with E-state index in [-0.39, 0.29) is 11.1 Å². The van der Waals surface area contributed by atoms with Crippen LogP contribution in [0.2, 0.25) is 0 Å². The Bertz CT molecular complexity index is 739. The van der Waals surface area contributed by atoms with Crippen molar-refractivity contribution in [1.82, 2.24) is 0 Å². The Morgan fingerprint density at radius 1 is 0.758 bits per heavy atom. The molecule has 13 nitrogen and oxygen atoms in total. The van der Waals surface area contributed by atoms with Crippen LogP contribution < -0.4 is 0 Å². The van der Waals surface area contributed by atoms with Crippen molar-refractivity contribution in [2.24, 2.45) is 0 Å². The van der Waals surface area contributed by atoms with Crippen LogP contribution in [0.5, 0.6) is 0 Å². The third kappa shape index (κ3) is 6.15. The van der Waals surface area contributed by atoms with E-state index >= 15 is 0 Å². The molecule has 0 radical (unpaired) electrons. The number of ether oxygens (including phenoxy) is 5. The monoisotopic (exact) mass is 478 g/mol. The van der Waals surface area contributed by atoms with Gasteiger partial charge >= 0.3 is 11.9 Å². The summed E-state index contributed by atoms with van der Waals surface area (Å²) in [5.41, 5.74) is -0.0845.